The van der Waals surface area contributed by atoms with Gasteiger partial charge < -0.3 is 10.4 Å². The van der Waals surface area contributed by atoms with Gasteiger partial charge >= 0.3 is 5.97 Å². The van der Waals surface area contributed by atoms with Crippen molar-refractivity contribution in [3.63, 3.8) is 0 Å². The van der Waals surface area contributed by atoms with Gasteiger partial charge in [-0.3, -0.25) is 0 Å². The van der Waals surface area contributed by atoms with E-state index in [1.165, 1.54) is 0 Å². The van der Waals surface area contributed by atoms with Crippen molar-refractivity contribution in [2.24, 2.45) is 0 Å². The van der Waals surface area contributed by atoms with Crippen molar-refractivity contribution in [2.45, 2.75) is 52.0 Å². The minimum atomic E-state index is -0.987. The lowest BCUT2D eigenvalue weighted by Gasteiger charge is -2.20. The van der Waals surface area contributed by atoms with Crippen molar-refractivity contribution in [2.75, 3.05) is 5.32 Å². The van der Waals surface area contributed by atoms with Gasteiger partial charge in [0.2, 0.25) is 0 Å². The Morgan fingerprint density at radius 3 is 2.63 bits per heavy atom. The van der Waals surface area contributed by atoms with E-state index < -0.39 is 5.97 Å². The van der Waals surface area contributed by atoms with Crippen molar-refractivity contribution < 1.29 is 9.90 Å². The van der Waals surface area contributed by atoms with Crippen LogP contribution in [0, 0.1) is 0 Å². The number of unbranched alkanes of at least 4 members (excludes halogenated alkanes) is 1. The molecule has 0 aliphatic heterocycles. The Kier molecular flexibility index (Phi) is 6.71. The Morgan fingerprint density at radius 1 is 1.32 bits per heavy atom. The van der Waals surface area contributed by atoms with E-state index in [0.29, 0.717) is 11.7 Å². The molecule has 1 aromatic rings. The number of halogens is 1. The Hall–Kier alpha value is -1.22. The molecule has 0 fully saturated rings. The summed E-state index contributed by atoms with van der Waals surface area (Å²) in [6, 6.07) is 5.47. The number of aromatic carboxylic acids is 1. The first-order valence-corrected chi connectivity index (χ1v) is 7.26. The highest BCUT2D eigenvalue weighted by Gasteiger charge is 2.16. The van der Waals surface area contributed by atoms with Crippen LogP contribution in [0.3, 0.4) is 0 Å². The van der Waals surface area contributed by atoms with Gasteiger partial charge in [-0.05, 0) is 25.0 Å². The summed E-state index contributed by atoms with van der Waals surface area (Å²) in [5.74, 6) is -0.987. The molecule has 1 rings (SSSR count). The molecule has 0 aliphatic rings. The molecule has 1 unspecified atom stereocenters. The van der Waals surface area contributed by atoms with E-state index >= 15 is 0 Å². The fourth-order valence-corrected chi connectivity index (χ4v) is 2.42. The molecular formula is C15H22ClNO2. The summed E-state index contributed by atoms with van der Waals surface area (Å²) in [6.07, 6.45) is 5.44. The number of nitrogens with one attached hydrogen (secondary N) is 1. The third-order valence-corrected chi connectivity index (χ3v) is 3.45. The summed E-state index contributed by atoms with van der Waals surface area (Å²) in [4.78, 5) is 11.3. The lowest BCUT2D eigenvalue weighted by Crippen LogP contribution is -2.21. The van der Waals surface area contributed by atoms with Crippen molar-refractivity contribution in [1.82, 2.24) is 0 Å². The van der Waals surface area contributed by atoms with Crippen LogP contribution in [0.1, 0.15) is 56.3 Å². The van der Waals surface area contributed by atoms with Gasteiger partial charge in [-0.1, -0.05) is 50.8 Å². The molecule has 0 saturated heterocycles. The maximum atomic E-state index is 11.3. The summed E-state index contributed by atoms with van der Waals surface area (Å²) in [5.41, 5.74) is 0.788. The van der Waals surface area contributed by atoms with E-state index in [9.17, 15) is 9.90 Å². The van der Waals surface area contributed by atoms with Crippen LogP contribution in [-0.4, -0.2) is 17.1 Å². The number of rotatable bonds is 8. The second-order valence-corrected chi connectivity index (χ2v) is 5.15. The van der Waals surface area contributed by atoms with Crippen molar-refractivity contribution in [3.8, 4) is 0 Å². The van der Waals surface area contributed by atoms with E-state index in [-0.39, 0.29) is 10.6 Å². The van der Waals surface area contributed by atoms with Crippen LogP contribution in [0.15, 0.2) is 18.2 Å². The molecule has 0 spiro atoms. The number of anilines is 1. The summed E-state index contributed by atoms with van der Waals surface area (Å²) in [5, 5.41) is 12.9. The quantitative estimate of drug-likeness (QED) is 0.720. The van der Waals surface area contributed by atoms with Crippen LogP contribution in [0.2, 0.25) is 5.02 Å². The van der Waals surface area contributed by atoms with Crippen LogP contribution in [-0.2, 0) is 0 Å². The molecule has 0 amide bonds. The summed E-state index contributed by atoms with van der Waals surface area (Å²) in [6.45, 7) is 4.29. The van der Waals surface area contributed by atoms with E-state index in [1.807, 2.05) is 0 Å². The second kappa shape index (κ2) is 8.05. The lowest BCUT2D eigenvalue weighted by molar-refractivity contribution is 0.0698. The molecule has 1 aromatic carbocycles. The maximum absolute atomic E-state index is 11.3. The first-order valence-electron chi connectivity index (χ1n) is 6.88. The van der Waals surface area contributed by atoms with E-state index in [1.54, 1.807) is 18.2 Å². The minimum Gasteiger partial charge on any atom is -0.478 e. The first-order chi connectivity index (χ1) is 9.10. The fraction of sp³-hybridized carbons (Fsp3) is 0.533. The lowest BCUT2D eigenvalue weighted by atomic mass is 10.0. The molecule has 4 heteroatoms. The van der Waals surface area contributed by atoms with Crippen LogP contribution < -0.4 is 5.32 Å². The van der Waals surface area contributed by atoms with Gasteiger partial charge in [0.15, 0.2) is 0 Å². The predicted octanol–water partition coefficient (Wildman–Crippen LogP) is 4.81. The zero-order chi connectivity index (χ0) is 14.3. The van der Waals surface area contributed by atoms with Gasteiger partial charge in [0.1, 0.15) is 5.56 Å². The molecule has 0 radical (unpaired) electrons. The van der Waals surface area contributed by atoms with Crippen LogP contribution in [0.25, 0.3) is 0 Å². The SMILES string of the molecule is CCCCC(CCC)Nc1cccc(Cl)c1C(=O)O. The minimum absolute atomic E-state index is 0.168. The fourth-order valence-electron chi connectivity index (χ4n) is 2.17. The second-order valence-electron chi connectivity index (χ2n) is 4.74. The first kappa shape index (κ1) is 15.8. The highest BCUT2D eigenvalue weighted by Crippen LogP contribution is 2.26. The molecule has 19 heavy (non-hydrogen) atoms. The number of carboxylic acid groups (broad SMARTS) is 1. The van der Waals surface area contributed by atoms with Gasteiger partial charge in [-0.15, -0.1) is 0 Å². The average Bonchev–Trinajstić information content (AvgIpc) is 2.35. The zero-order valence-corrected chi connectivity index (χ0v) is 12.3. The molecule has 0 bridgehead atoms. The molecule has 2 N–H and O–H groups in total. The highest BCUT2D eigenvalue weighted by molar-refractivity contribution is 6.34. The standard InChI is InChI=1S/C15H22ClNO2/c1-3-5-8-11(7-4-2)17-13-10-6-9-12(16)14(13)15(18)19/h6,9-11,17H,3-5,7-8H2,1-2H3,(H,18,19). The molecule has 1 atom stereocenters. The third kappa shape index (κ3) is 4.75. The van der Waals surface area contributed by atoms with Gasteiger partial charge in [0, 0.05) is 6.04 Å². The molecule has 0 saturated carbocycles. The summed E-state index contributed by atoms with van der Waals surface area (Å²) in [7, 11) is 0. The highest BCUT2D eigenvalue weighted by atomic mass is 35.5. The smallest absolute Gasteiger partial charge is 0.339 e. The van der Waals surface area contributed by atoms with Crippen LogP contribution in [0.4, 0.5) is 5.69 Å². The van der Waals surface area contributed by atoms with Gasteiger partial charge in [0.25, 0.3) is 0 Å². The monoisotopic (exact) mass is 283 g/mol. The van der Waals surface area contributed by atoms with Gasteiger partial charge in [0.05, 0.1) is 10.7 Å². The van der Waals surface area contributed by atoms with E-state index in [0.717, 1.165) is 32.1 Å². The maximum Gasteiger partial charge on any atom is 0.339 e. The van der Waals surface area contributed by atoms with Crippen molar-refractivity contribution in [3.05, 3.63) is 28.8 Å². The Bertz CT molecular complexity index is 421. The van der Waals surface area contributed by atoms with Gasteiger partial charge in [-0.25, -0.2) is 4.79 Å². The van der Waals surface area contributed by atoms with Crippen molar-refractivity contribution >= 4 is 23.3 Å². The molecule has 0 aliphatic carbocycles. The average molecular weight is 284 g/mol. The summed E-state index contributed by atoms with van der Waals surface area (Å²) < 4.78 is 0. The molecule has 0 heterocycles. The van der Waals surface area contributed by atoms with E-state index in [2.05, 4.69) is 19.2 Å². The van der Waals surface area contributed by atoms with Crippen LogP contribution in [0.5, 0.6) is 0 Å². The Morgan fingerprint density at radius 2 is 2.05 bits per heavy atom. The summed E-state index contributed by atoms with van der Waals surface area (Å²) >= 11 is 5.97. The molecular weight excluding hydrogens is 262 g/mol. The van der Waals surface area contributed by atoms with Crippen LogP contribution >= 0.6 is 11.6 Å². The zero-order valence-electron chi connectivity index (χ0n) is 11.6. The number of hydrogen-bond acceptors (Lipinski definition) is 2. The van der Waals surface area contributed by atoms with Crippen molar-refractivity contribution in [1.29, 1.82) is 0 Å². The number of hydrogen-bond donors (Lipinski definition) is 2. The number of benzene rings is 1. The predicted molar refractivity (Wildman–Crippen MR) is 80.3 cm³/mol. The molecule has 106 valence electrons. The Labute approximate surface area is 120 Å². The number of carboxylic acids is 1. The molecule has 0 aromatic heterocycles. The third-order valence-electron chi connectivity index (χ3n) is 3.13. The number of carbonyl (C=O) groups is 1. The normalized spacial score (nSPS) is 12.2. The van der Waals surface area contributed by atoms with Gasteiger partial charge in [-0.2, -0.15) is 0 Å². The topological polar surface area (TPSA) is 49.3 Å². The Balaban J connectivity index is 2.89. The molecule has 3 nitrogen and oxygen atoms in total. The largest absolute Gasteiger partial charge is 0.478 e. The van der Waals surface area contributed by atoms with E-state index in [4.69, 9.17) is 11.6 Å².